The maximum atomic E-state index is 12.0. The number of ether oxygens (including phenoxy) is 1. The summed E-state index contributed by atoms with van der Waals surface area (Å²) in [5, 5.41) is 12.8. The molecule has 0 aromatic heterocycles. The monoisotopic (exact) mass is 263 g/mol. The van der Waals surface area contributed by atoms with Crippen LogP contribution in [0.3, 0.4) is 0 Å². The van der Waals surface area contributed by atoms with Gasteiger partial charge in [-0.1, -0.05) is 6.07 Å². The maximum absolute atomic E-state index is 12.0. The summed E-state index contributed by atoms with van der Waals surface area (Å²) < 4.78 is 5.50. The van der Waals surface area contributed by atoms with E-state index in [-0.39, 0.29) is 17.8 Å². The average Bonchev–Trinajstić information content (AvgIpc) is 2.89. The number of hydrogen-bond donors (Lipinski definition) is 2. The van der Waals surface area contributed by atoms with Crippen LogP contribution in [0.1, 0.15) is 40.7 Å². The van der Waals surface area contributed by atoms with Gasteiger partial charge in [0, 0.05) is 13.2 Å². The third-order valence-electron chi connectivity index (χ3n) is 3.72. The Hall–Kier alpha value is -1.55. The average molecular weight is 263 g/mol. The van der Waals surface area contributed by atoms with E-state index in [9.17, 15) is 9.90 Å². The molecule has 2 N–H and O–H groups in total. The minimum absolute atomic E-state index is 0.0783. The maximum Gasteiger partial charge on any atom is 0.255 e. The number of rotatable bonds is 4. The smallest absolute Gasteiger partial charge is 0.255 e. The zero-order chi connectivity index (χ0) is 13.8. The van der Waals surface area contributed by atoms with E-state index in [2.05, 4.69) is 5.32 Å². The lowest BCUT2D eigenvalue weighted by Crippen LogP contribution is -2.27. The third kappa shape index (κ3) is 3.26. The van der Waals surface area contributed by atoms with Gasteiger partial charge in [-0.2, -0.15) is 0 Å². The first kappa shape index (κ1) is 13.9. The normalized spacial score (nSPS) is 18.5. The number of amides is 1. The van der Waals surface area contributed by atoms with E-state index in [0.717, 1.165) is 37.0 Å². The van der Waals surface area contributed by atoms with Gasteiger partial charge in [0.05, 0.1) is 11.7 Å². The first-order valence-corrected chi connectivity index (χ1v) is 6.78. The summed E-state index contributed by atoms with van der Waals surface area (Å²) >= 11 is 0. The highest BCUT2D eigenvalue weighted by Crippen LogP contribution is 2.24. The SMILES string of the molecule is Cc1ccc(C(=O)NCC[C@@H]2CCCO2)c(O)c1C. The highest BCUT2D eigenvalue weighted by molar-refractivity contribution is 5.97. The summed E-state index contributed by atoms with van der Waals surface area (Å²) in [5.41, 5.74) is 2.08. The van der Waals surface area contributed by atoms with Crippen molar-refractivity contribution in [2.45, 2.75) is 39.2 Å². The quantitative estimate of drug-likeness (QED) is 0.876. The molecule has 1 aliphatic rings. The number of carbonyl (C=O) groups excluding carboxylic acids is 1. The number of aromatic hydroxyl groups is 1. The molecule has 1 amide bonds. The van der Waals surface area contributed by atoms with Gasteiger partial charge in [0.15, 0.2) is 0 Å². The van der Waals surface area contributed by atoms with Crippen LogP contribution in [-0.2, 0) is 4.74 Å². The predicted octanol–water partition coefficient (Wildman–Crippen LogP) is 2.31. The van der Waals surface area contributed by atoms with Crippen LogP contribution in [0.15, 0.2) is 12.1 Å². The van der Waals surface area contributed by atoms with Gasteiger partial charge in [-0.25, -0.2) is 0 Å². The molecule has 1 aliphatic heterocycles. The summed E-state index contributed by atoms with van der Waals surface area (Å²) in [5.74, 6) is -0.145. The fourth-order valence-electron chi connectivity index (χ4n) is 2.30. The molecule has 1 aromatic carbocycles. The summed E-state index contributed by atoms with van der Waals surface area (Å²) in [7, 11) is 0. The molecule has 0 saturated carbocycles. The summed E-state index contributed by atoms with van der Waals surface area (Å²) in [4.78, 5) is 12.0. The minimum atomic E-state index is -0.224. The molecule has 1 fully saturated rings. The number of nitrogens with one attached hydrogen (secondary N) is 1. The van der Waals surface area contributed by atoms with Crippen molar-refractivity contribution in [3.63, 3.8) is 0 Å². The lowest BCUT2D eigenvalue weighted by Gasteiger charge is -2.12. The van der Waals surface area contributed by atoms with Crippen molar-refractivity contribution in [3.8, 4) is 5.75 Å². The molecule has 4 nitrogen and oxygen atoms in total. The second-order valence-corrected chi connectivity index (χ2v) is 5.08. The van der Waals surface area contributed by atoms with Gasteiger partial charge in [0.2, 0.25) is 0 Å². The van der Waals surface area contributed by atoms with Crippen LogP contribution in [0.5, 0.6) is 5.75 Å². The van der Waals surface area contributed by atoms with Crippen LogP contribution in [0.25, 0.3) is 0 Å². The number of hydrogen-bond acceptors (Lipinski definition) is 3. The Morgan fingerprint density at radius 3 is 2.95 bits per heavy atom. The zero-order valence-corrected chi connectivity index (χ0v) is 11.5. The predicted molar refractivity (Wildman–Crippen MR) is 73.5 cm³/mol. The Kier molecular flexibility index (Phi) is 4.43. The summed E-state index contributed by atoms with van der Waals surface area (Å²) in [6.45, 7) is 5.13. The topological polar surface area (TPSA) is 58.6 Å². The molecule has 1 aromatic rings. The first-order chi connectivity index (χ1) is 9.09. The largest absolute Gasteiger partial charge is 0.507 e. The fourth-order valence-corrected chi connectivity index (χ4v) is 2.30. The molecule has 2 rings (SSSR count). The Labute approximate surface area is 113 Å². The van der Waals surface area contributed by atoms with Gasteiger partial charge in [0.25, 0.3) is 5.91 Å². The molecule has 4 heteroatoms. The molecule has 1 heterocycles. The van der Waals surface area contributed by atoms with Crippen LogP contribution in [0.2, 0.25) is 0 Å². The lowest BCUT2D eigenvalue weighted by atomic mass is 10.0. The van der Waals surface area contributed by atoms with Crippen molar-refractivity contribution >= 4 is 5.91 Å². The second kappa shape index (κ2) is 6.06. The molecular weight excluding hydrogens is 242 g/mol. The zero-order valence-electron chi connectivity index (χ0n) is 11.5. The summed E-state index contributed by atoms with van der Waals surface area (Å²) in [6.07, 6.45) is 3.28. The molecule has 1 saturated heterocycles. The number of aryl methyl sites for hydroxylation is 1. The highest BCUT2D eigenvalue weighted by Gasteiger charge is 2.17. The summed E-state index contributed by atoms with van der Waals surface area (Å²) in [6, 6.07) is 3.52. The Morgan fingerprint density at radius 2 is 2.26 bits per heavy atom. The third-order valence-corrected chi connectivity index (χ3v) is 3.72. The van der Waals surface area contributed by atoms with Crippen LogP contribution < -0.4 is 5.32 Å². The fraction of sp³-hybridized carbons (Fsp3) is 0.533. The number of phenolic OH excluding ortho intramolecular Hbond substituents is 1. The van der Waals surface area contributed by atoms with Crippen LogP contribution >= 0.6 is 0 Å². The molecule has 0 radical (unpaired) electrons. The number of phenols is 1. The Balaban J connectivity index is 1.90. The van der Waals surface area contributed by atoms with Crippen molar-refractivity contribution in [1.82, 2.24) is 5.32 Å². The lowest BCUT2D eigenvalue weighted by molar-refractivity contribution is 0.0905. The van der Waals surface area contributed by atoms with Crippen LogP contribution in [0.4, 0.5) is 0 Å². The number of carbonyl (C=O) groups is 1. The molecule has 19 heavy (non-hydrogen) atoms. The molecule has 0 bridgehead atoms. The molecule has 104 valence electrons. The van der Waals surface area contributed by atoms with Crippen molar-refractivity contribution in [2.75, 3.05) is 13.2 Å². The van der Waals surface area contributed by atoms with Crippen molar-refractivity contribution in [2.24, 2.45) is 0 Å². The Bertz CT molecular complexity index is 465. The molecular formula is C15H21NO3. The van der Waals surface area contributed by atoms with Gasteiger partial charge < -0.3 is 15.2 Å². The Morgan fingerprint density at radius 1 is 1.47 bits per heavy atom. The van der Waals surface area contributed by atoms with E-state index in [1.54, 1.807) is 6.07 Å². The van der Waals surface area contributed by atoms with Gasteiger partial charge in [-0.05, 0) is 50.3 Å². The first-order valence-electron chi connectivity index (χ1n) is 6.78. The van der Waals surface area contributed by atoms with E-state index in [4.69, 9.17) is 4.74 Å². The highest BCUT2D eigenvalue weighted by atomic mass is 16.5. The second-order valence-electron chi connectivity index (χ2n) is 5.08. The van der Waals surface area contributed by atoms with E-state index in [1.165, 1.54) is 0 Å². The van der Waals surface area contributed by atoms with E-state index in [0.29, 0.717) is 12.1 Å². The van der Waals surface area contributed by atoms with Crippen LogP contribution in [-0.4, -0.2) is 30.3 Å². The van der Waals surface area contributed by atoms with Gasteiger partial charge in [0.1, 0.15) is 5.75 Å². The molecule has 0 spiro atoms. The minimum Gasteiger partial charge on any atom is -0.507 e. The molecule has 1 atom stereocenters. The van der Waals surface area contributed by atoms with Gasteiger partial charge >= 0.3 is 0 Å². The van der Waals surface area contributed by atoms with E-state index >= 15 is 0 Å². The molecule has 0 aliphatic carbocycles. The molecule has 0 unspecified atom stereocenters. The van der Waals surface area contributed by atoms with E-state index < -0.39 is 0 Å². The van der Waals surface area contributed by atoms with Crippen molar-refractivity contribution in [1.29, 1.82) is 0 Å². The van der Waals surface area contributed by atoms with Gasteiger partial charge in [-0.15, -0.1) is 0 Å². The van der Waals surface area contributed by atoms with Crippen molar-refractivity contribution in [3.05, 3.63) is 28.8 Å². The van der Waals surface area contributed by atoms with Crippen molar-refractivity contribution < 1.29 is 14.6 Å². The van der Waals surface area contributed by atoms with Gasteiger partial charge in [-0.3, -0.25) is 4.79 Å². The number of benzene rings is 1. The van der Waals surface area contributed by atoms with Crippen LogP contribution in [0, 0.1) is 13.8 Å². The van der Waals surface area contributed by atoms with E-state index in [1.807, 2.05) is 19.9 Å². The standard InChI is InChI=1S/C15H21NO3/c1-10-5-6-13(14(17)11(10)2)15(18)16-8-7-12-4-3-9-19-12/h5-6,12,17H,3-4,7-9H2,1-2H3,(H,16,18)/t12-/m0/s1.